The Kier molecular flexibility index (Phi) is 2.71. The van der Waals surface area contributed by atoms with Gasteiger partial charge in [0.05, 0.1) is 6.04 Å². The predicted molar refractivity (Wildman–Crippen MR) is 58.8 cm³/mol. The Morgan fingerprint density at radius 2 is 2.47 bits per heavy atom. The highest BCUT2D eigenvalue weighted by molar-refractivity contribution is 5.79. The van der Waals surface area contributed by atoms with Crippen molar-refractivity contribution in [1.82, 2.24) is 10.3 Å². The molecule has 1 aromatic heterocycles. The van der Waals surface area contributed by atoms with E-state index >= 15 is 0 Å². The average molecular weight is 206 g/mol. The topological polar surface area (TPSA) is 66.0 Å². The minimum Gasteiger partial charge on any atom is -0.380 e. The highest BCUT2D eigenvalue weighted by atomic mass is 16.1. The predicted octanol–water partition coefficient (Wildman–Crippen LogP) is 0.424. The molecular weight excluding hydrogens is 192 g/mol. The number of nitrogens with one attached hydrogen (secondary N) is 3. The fraction of sp³-hybridized carbons (Fsp3) is 0.400. The molecule has 0 aliphatic carbocycles. The number of carbonyl (C=O) groups is 1. The average Bonchev–Trinajstić information content (AvgIpc) is 2.64. The Morgan fingerprint density at radius 3 is 3.13 bits per heavy atom. The Morgan fingerprint density at radius 1 is 1.60 bits per heavy atom. The van der Waals surface area contributed by atoms with Gasteiger partial charge in [-0.2, -0.15) is 0 Å². The van der Waals surface area contributed by atoms with Gasteiger partial charge in [0, 0.05) is 38.0 Å². The van der Waals surface area contributed by atoms with Crippen LogP contribution in [0.4, 0.5) is 11.5 Å². The van der Waals surface area contributed by atoms with Crippen molar-refractivity contribution in [3.63, 3.8) is 0 Å². The molecule has 2 heterocycles. The second-order valence-corrected chi connectivity index (χ2v) is 3.53. The lowest BCUT2D eigenvalue weighted by Gasteiger charge is -2.12. The molecule has 0 spiro atoms. The normalized spacial score (nSPS) is 19.8. The van der Waals surface area contributed by atoms with Crippen LogP contribution in [-0.4, -0.2) is 30.5 Å². The van der Waals surface area contributed by atoms with Crippen LogP contribution in [0.15, 0.2) is 18.3 Å². The van der Waals surface area contributed by atoms with Crippen LogP contribution in [-0.2, 0) is 4.79 Å². The second kappa shape index (κ2) is 4.16. The summed E-state index contributed by atoms with van der Waals surface area (Å²) in [5, 5.41) is 9.04. The second-order valence-electron chi connectivity index (χ2n) is 3.53. The number of aromatic nitrogens is 1. The zero-order valence-electron chi connectivity index (χ0n) is 8.58. The van der Waals surface area contributed by atoms with Gasteiger partial charge < -0.3 is 16.0 Å². The molecule has 1 amide bonds. The monoisotopic (exact) mass is 206 g/mol. The van der Waals surface area contributed by atoms with Crippen molar-refractivity contribution >= 4 is 17.4 Å². The standard InChI is InChI=1S/C10H14N4O/c1-11-9-4-7(2-3-12-9)14-8-5-10(15)13-6-8/h2-4,8H,5-6H2,1H3,(H,13,15)(H2,11,12,14). The Labute approximate surface area is 88.3 Å². The number of amides is 1. The SMILES string of the molecule is CNc1cc(NC2CNC(=O)C2)ccn1. The van der Waals surface area contributed by atoms with E-state index in [0.29, 0.717) is 13.0 Å². The van der Waals surface area contributed by atoms with E-state index in [2.05, 4.69) is 20.9 Å². The van der Waals surface area contributed by atoms with E-state index in [9.17, 15) is 4.79 Å². The van der Waals surface area contributed by atoms with Gasteiger partial charge in [-0.15, -0.1) is 0 Å². The lowest BCUT2D eigenvalue weighted by atomic mass is 10.2. The van der Waals surface area contributed by atoms with Gasteiger partial charge in [0.25, 0.3) is 0 Å². The number of anilines is 2. The number of nitrogens with zero attached hydrogens (tertiary/aromatic N) is 1. The van der Waals surface area contributed by atoms with Gasteiger partial charge in [0.2, 0.25) is 5.91 Å². The number of rotatable bonds is 3. The van der Waals surface area contributed by atoms with Crippen LogP contribution in [0.1, 0.15) is 6.42 Å². The third-order valence-electron chi connectivity index (χ3n) is 2.36. The molecule has 1 aromatic rings. The summed E-state index contributed by atoms with van der Waals surface area (Å²) >= 11 is 0. The molecular formula is C10H14N4O. The van der Waals surface area contributed by atoms with E-state index in [1.54, 1.807) is 6.20 Å². The molecule has 0 aromatic carbocycles. The van der Waals surface area contributed by atoms with Gasteiger partial charge >= 0.3 is 0 Å². The minimum atomic E-state index is 0.107. The highest BCUT2D eigenvalue weighted by Crippen LogP contribution is 2.14. The zero-order valence-corrected chi connectivity index (χ0v) is 8.58. The van der Waals surface area contributed by atoms with Crippen molar-refractivity contribution in [3.05, 3.63) is 18.3 Å². The van der Waals surface area contributed by atoms with Gasteiger partial charge in [0.1, 0.15) is 5.82 Å². The molecule has 0 saturated carbocycles. The summed E-state index contributed by atoms with van der Waals surface area (Å²) < 4.78 is 0. The number of carbonyl (C=O) groups excluding carboxylic acids is 1. The van der Waals surface area contributed by atoms with E-state index in [0.717, 1.165) is 11.5 Å². The highest BCUT2D eigenvalue weighted by Gasteiger charge is 2.20. The van der Waals surface area contributed by atoms with E-state index in [1.165, 1.54) is 0 Å². The number of pyridine rings is 1. The molecule has 0 radical (unpaired) electrons. The summed E-state index contributed by atoms with van der Waals surface area (Å²) in [6.07, 6.45) is 2.27. The third kappa shape index (κ3) is 2.37. The summed E-state index contributed by atoms with van der Waals surface area (Å²) in [6.45, 7) is 0.691. The first-order valence-corrected chi connectivity index (χ1v) is 4.95. The zero-order chi connectivity index (χ0) is 10.7. The largest absolute Gasteiger partial charge is 0.380 e. The maximum atomic E-state index is 11.0. The molecule has 15 heavy (non-hydrogen) atoms. The lowest BCUT2D eigenvalue weighted by molar-refractivity contribution is -0.119. The first-order chi connectivity index (χ1) is 7.28. The molecule has 1 fully saturated rings. The smallest absolute Gasteiger partial charge is 0.222 e. The van der Waals surface area contributed by atoms with Crippen molar-refractivity contribution in [1.29, 1.82) is 0 Å². The summed E-state index contributed by atoms with van der Waals surface area (Å²) in [7, 11) is 1.83. The fourth-order valence-electron chi connectivity index (χ4n) is 1.60. The summed E-state index contributed by atoms with van der Waals surface area (Å²) in [6, 6.07) is 4.00. The van der Waals surface area contributed by atoms with E-state index < -0.39 is 0 Å². The summed E-state index contributed by atoms with van der Waals surface area (Å²) in [5.74, 6) is 0.924. The molecule has 1 unspecified atom stereocenters. The molecule has 2 rings (SSSR count). The maximum absolute atomic E-state index is 11.0. The molecule has 0 bridgehead atoms. The number of hydrogen-bond donors (Lipinski definition) is 3. The van der Waals surface area contributed by atoms with Crippen LogP contribution in [0.2, 0.25) is 0 Å². The van der Waals surface area contributed by atoms with E-state index in [1.807, 2.05) is 19.2 Å². The summed E-state index contributed by atoms with van der Waals surface area (Å²) in [5.41, 5.74) is 0.982. The van der Waals surface area contributed by atoms with E-state index in [-0.39, 0.29) is 11.9 Å². The molecule has 80 valence electrons. The van der Waals surface area contributed by atoms with Crippen molar-refractivity contribution in [2.45, 2.75) is 12.5 Å². The quantitative estimate of drug-likeness (QED) is 0.670. The molecule has 3 N–H and O–H groups in total. The minimum absolute atomic E-state index is 0.107. The van der Waals surface area contributed by atoms with Crippen molar-refractivity contribution < 1.29 is 4.79 Å². The van der Waals surface area contributed by atoms with Crippen LogP contribution in [0.5, 0.6) is 0 Å². The van der Waals surface area contributed by atoms with Gasteiger partial charge in [-0.1, -0.05) is 0 Å². The Bertz CT molecular complexity index is 366. The molecule has 5 nitrogen and oxygen atoms in total. The Hall–Kier alpha value is -1.78. The first-order valence-electron chi connectivity index (χ1n) is 4.95. The van der Waals surface area contributed by atoms with Gasteiger partial charge in [-0.05, 0) is 6.07 Å². The van der Waals surface area contributed by atoms with Crippen molar-refractivity contribution in [2.75, 3.05) is 24.2 Å². The van der Waals surface area contributed by atoms with Crippen LogP contribution in [0.25, 0.3) is 0 Å². The summed E-state index contributed by atoms with van der Waals surface area (Å²) in [4.78, 5) is 15.1. The van der Waals surface area contributed by atoms with Gasteiger partial charge in [0.15, 0.2) is 0 Å². The van der Waals surface area contributed by atoms with Crippen LogP contribution >= 0.6 is 0 Å². The van der Waals surface area contributed by atoms with Crippen LogP contribution in [0, 0.1) is 0 Å². The van der Waals surface area contributed by atoms with Gasteiger partial charge in [-0.25, -0.2) is 4.98 Å². The molecule has 1 aliphatic heterocycles. The maximum Gasteiger partial charge on any atom is 0.222 e. The molecule has 1 aliphatic rings. The van der Waals surface area contributed by atoms with Gasteiger partial charge in [-0.3, -0.25) is 4.79 Å². The van der Waals surface area contributed by atoms with Crippen molar-refractivity contribution in [2.24, 2.45) is 0 Å². The third-order valence-corrected chi connectivity index (χ3v) is 2.36. The Balaban J connectivity index is 2.01. The van der Waals surface area contributed by atoms with Crippen LogP contribution < -0.4 is 16.0 Å². The number of hydrogen-bond acceptors (Lipinski definition) is 4. The molecule has 5 heteroatoms. The van der Waals surface area contributed by atoms with Crippen LogP contribution in [0.3, 0.4) is 0 Å². The molecule has 1 saturated heterocycles. The molecule has 1 atom stereocenters. The van der Waals surface area contributed by atoms with E-state index in [4.69, 9.17) is 0 Å². The fourth-order valence-corrected chi connectivity index (χ4v) is 1.60. The lowest BCUT2D eigenvalue weighted by Crippen LogP contribution is -2.22. The first kappa shape index (κ1) is 9.76. The van der Waals surface area contributed by atoms with Crippen molar-refractivity contribution in [3.8, 4) is 0 Å².